The maximum atomic E-state index is 11.8. The first-order chi connectivity index (χ1) is 12.3. The number of carbonyl (C=O) groups is 1. The monoisotopic (exact) mass is 456 g/mol. The summed E-state index contributed by atoms with van der Waals surface area (Å²) in [6, 6.07) is 7.65. The van der Waals surface area contributed by atoms with Crippen molar-refractivity contribution in [3.63, 3.8) is 0 Å². The van der Waals surface area contributed by atoms with Crippen molar-refractivity contribution in [1.82, 2.24) is 0 Å². The molecule has 0 aliphatic rings. The Kier molecular flexibility index (Phi) is 7.99. The predicted octanol–water partition coefficient (Wildman–Crippen LogP) is 6.34. The third kappa shape index (κ3) is 6.29. The molecule has 2 aromatic carbocycles. The highest BCUT2D eigenvalue weighted by Crippen LogP contribution is 2.34. The molecule has 0 fully saturated rings. The molecule has 0 unspecified atom stereocenters. The Hall–Kier alpha value is -1.04. The predicted molar refractivity (Wildman–Crippen MR) is 104 cm³/mol. The lowest BCUT2D eigenvalue weighted by Crippen LogP contribution is -2.25. The van der Waals surface area contributed by atoms with Gasteiger partial charge < -0.3 is 14.2 Å². The molecule has 2 rings (SSSR count). The second kappa shape index (κ2) is 9.77. The molecule has 140 valence electrons. The quantitative estimate of drug-likeness (QED) is 0.359. The van der Waals surface area contributed by atoms with Crippen LogP contribution in [0.3, 0.4) is 0 Å². The van der Waals surface area contributed by atoms with Gasteiger partial charge in [0.25, 0.3) is 0 Å². The van der Waals surface area contributed by atoms with Gasteiger partial charge in [0.05, 0.1) is 20.1 Å². The van der Waals surface area contributed by atoms with E-state index in [2.05, 4.69) is 0 Å². The lowest BCUT2D eigenvalue weighted by molar-refractivity contribution is -0.151. The molecule has 1 atom stereocenters. The van der Waals surface area contributed by atoms with E-state index in [-0.39, 0.29) is 13.2 Å². The van der Waals surface area contributed by atoms with Gasteiger partial charge in [-0.1, -0.05) is 58.0 Å². The maximum absolute atomic E-state index is 11.8. The number of esters is 1. The highest BCUT2D eigenvalue weighted by Gasteiger charge is 2.14. The minimum Gasteiger partial charge on any atom is -0.488 e. The summed E-state index contributed by atoms with van der Waals surface area (Å²) in [7, 11) is 0. The highest BCUT2D eigenvalue weighted by atomic mass is 35.5. The summed E-state index contributed by atoms with van der Waals surface area (Å²) >= 11 is 29.5. The zero-order valence-electron chi connectivity index (χ0n) is 13.4. The second-order valence-electron chi connectivity index (χ2n) is 5.17. The molecule has 0 N–H and O–H groups in total. The number of ether oxygens (including phenoxy) is 3. The first-order valence-corrected chi connectivity index (χ1v) is 9.20. The first-order valence-electron chi connectivity index (χ1n) is 7.31. The molecule has 2 aromatic rings. The van der Waals surface area contributed by atoms with Crippen LogP contribution >= 0.6 is 58.0 Å². The fraction of sp³-hybridized carbons (Fsp3) is 0.235. The van der Waals surface area contributed by atoms with E-state index in [9.17, 15) is 4.79 Å². The number of benzene rings is 2. The summed E-state index contributed by atoms with van der Waals surface area (Å²) in [6.45, 7) is 1.43. The molecule has 0 radical (unpaired) electrons. The van der Waals surface area contributed by atoms with E-state index in [1.807, 2.05) is 0 Å². The van der Waals surface area contributed by atoms with Crippen LogP contribution in [0.25, 0.3) is 0 Å². The summed E-state index contributed by atoms with van der Waals surface area (Å²) in [4.78, 5) is 11.8. The van der Waals surface area contributed by atoms with Crippen molar-refractivity contribution in [2.75, 3.05) is 13.2 Å². The Morgan fingerprint density at radius 1 is 0.885 bits per heavy atom. The van der Waals surface area contributed by atoms with E-state index in [4.69, 9.17) is 72.2 Å². The van der Waals surface area contributed by atoms with Crippen LogP contribution in [0.1, 0.15) is 6.92 Å². The van der Waals surface area contributed by atoms with Crippen LogP contribution in [-0.4, -0.2) is 25.3 Å². The van der Waals surface area contributed by atoms with Crippen molar-refractivity contribution in [2.45, 2.75) is 13.0 Å². The molecule has 0 saturated heterocycles. The van der Waals surface area contributed by atoms with Gasteiger partial charge in [-0.05, 0) is 31.2 Å². The standard InChI is InChI=1S/C17H13Cl5O4/c1-9(7-24-16-6-12(20)11(19)5-14(16)22)26-17(23)8-25-15-3-2-10(18)4-13(15)21/h2-6,9H,7-8H2,1H3/t9-/m0/s1. The van der Waals surface area contributed by atoms with Gasteiger partial charge in [0.1, 0.15) is 24.2 Å². The molecule has 0 aliphatic carbocycles. The number of carbonyl (C=O) groups excluding carboxylic acids is 1. The Morgan fingerprint density at radius 2 is 1.54 bits per heavy atom. The molecule has 0 heterocycles. The van der Waals surface area contributed by atoms with E-state index in [0.717, 1.165) is 0 Å². The minimum atomic E-state index is -0.577. The number of hydrogen-bond donors (Lipinski definition) is 0. The van der Waals surface area contributed by atoms with Gasteiger partial charge in [-0.25, -0.2) is 4.79 Å². The molecule has 9 heteroatoms. The van der Waals surface area contributed by atoms with Gasteiger partial charge in [0.15, 0.2) is 6.61 Å². The SMILES string of the molecule is C[C@@H](COc1cc(Cl)c(Cl)cc1Cl)OC(=O)COc1ccc(Cl)cc1Cl. The van der Waals surface area contributed by atoms with Crippen LogP contribution < -0.4 is 9.47 Å². The molecular formula is C17H13Cl5O4. The van der Waals surface area contributed by atoms with Gasteiger partial charge in [-0.2, -0.15) is 0 Å². The second-order valence-corrected chi connectivity index (χ2v) is 7.24. The molecule has 0 bridgehead atoms. The molecule has 0 aromatic heterocycles. The molecule has 0 amide bonds. The molecule has 26 heavy (non-hydrogen) atoms. The third-order valence-electron chi connectivity index (χ3n) is 3.02. The fourth-order valence-corrected chi connectivity index (χ4v) is 2.90. The molecule has 0 saturated carbocycles. The van der Waals surface area contributed by atoms with Crippen molar-refractivity contribution in [2.24, 2.45) is 0 Å². The molecule has 0 spiro atoms. The number of halogens is 5. The average molecular weight is 459 g/mol. The van der Waals surface area contributed by atoms with Gasteiger partial charge in [0, 0.05) is 11.1 Å². The average Bonchev–Trinajstić information content (AvgIpc) is 2.56. The van der Waals surface area contributed by atoms with Crippen molar-refractivity contribution >= 4 is 64.0 Å². The van der Waals surface area contributed by atoms with Crippen LogP contribution in [0.2, 0.25) is 25.1 Å². The van der Waals surface area contributed by atoms with Gasteiger partial charge in [-0.3, -0.25) is 0 Å². The van der Waals surface area contributed by atoms with E-state index in [1.165, 1.54) is 18.2 Å². The molecule has 0 aliphatic heterocycles. The van der Waals surface area contributed by atoms with Crippen LogP contribution in [0.4, 0.5) is 0 Å². The normalized spacial score (nSPS) is 11.8. The number of rotatable bonds is 7. The topological polar surface area (TPSA) is 44.8 Å². The number of hydrogen-bond acceptors (Lipinski definition) is 4. The summed E-state index contributed by atoms with van der Waals surface area (Å²) in [5, 5.41) is 1.71. The minimum absolute atomic E-state index is 0.0745. The van der Waals surface area contributed by atoms with E-state index < -0.39 is 12.1 Å². The maximum Gasteiger partial charge on any atom is 0.344 e. The van der Waals surface area contributed by atoms with Crippen LogP contribution in [0.15, 0.2) is 30.3 Å². The Balaban J connectivity index is 1.81. The van der Waals surface area contributed by atoms with Crippen molar-refractivity contribution < 1.29 is 19.0 Å². The summed E-state index contributed by atoms with van der Waals surface area (Å²) < 4.78 is 16.0. The van der Waals surface area contributed by atoms with E-state index in [1.54, 1.807) is 19.1 Å². The third-order valence-corrected chi connectivity index (χ3v) is 4.57. The lowest BCUT2D eigenvalue weighted by Gasteiger charge is -2.16. The Bertz CT molecular complexity index is 797. The molecule has 4 nitrogen and oxygen atoms in total. The van der Waals surface area contributed by atoms with Crippen LogP contribution in [0, 0.1) is 0 Å². The van der Waals surface area contributed by atoms with Crippen molar-refractivity contribution in [3.8, 4) is 11.5 Å². The van der Waals surface area contributed by atoms with E-state index in [0.29, 0.717) is 36.6 Å². The van der Waals surface area contributed by atoms with Crippen LogP contribution in [0.5, 0.6) is 11.5 Å². The van der Waals surface area contributed by atoms with Gasteiger partial charge in [0.2, 0.25) is 0 Å². The summed E-state index contributed by atoms with van der Waals surface area (Å²) in [5.41, 5.74) is 0. The Morgan fingerprint density at radius 3 is 2.23 bits per heavy atom. The van der Waals surface area contributed by atoms with E-state index >= 15 is 0 Å². The smallest absolute Gasteiger partial charge is 0.344 e. The lowest BCUT2D eigenvalue weighted by atomic mass is 10.3. The van der Waals surface area contributed by atoms with Crippen molar-refractivity contribution in [3.05, 3.63) is 55.4 Å². The van der Waals surface area contributed by atoms with Gasteiger partial charge in [-0.15, -0.1) is 0 Å². The van der Waals surface area contributed by atoms with Gasteiger partial charge >= 0.3 is 5.97 Å². The Labute approximate surface area is 175 Å². The zero-order valence-corrected chi connectivity index (χ0v) is 17.2. The highest BCUT2D eigenvalue weighted by molar-refractivity contribution is 6.43. The van der Waals surface area contributed by atoms with Crippen molar-refractivity contribution in [1.29, 1.82) is 0 Å². The summed E-state index contributed by atoms with van der Waals surface area (Å²) in [5.74, 6) is 0.0972. The largest absolute Gasteiger partial charge is 0.488 e. The fourth-order valence-electron chi connectivity index (χ4n) is 1.84. The first kappa shape index (κ1) is 21.3. The summed E-state index contributed by atoms with van der Waals surface area (Å²) in [6.07, 6.45) is -0.544. The zero-order chi connectivity index (χ0) is 19.3. The molecular weight excluding hydrogens is 445 g/mol. The van der Waals surface area contributed by atoms with Crippen LogP contribution in [-0.2, 0) is 9.53 Å².